The Balaban J connectivity index is 2.97. The lowest BCUT2D eigenvalue weighted by molar-refractivity contribution is -0.144. The minimum Gasteiger partial charge on any atom is -0.507 e. The number of hydrogen-bond acceptors (Lipinski definition) is 5. The van der Waals surface area contributed by atoms with Gasteiger partial charge in [-0.25, -0.2) is 0 Å². The van der Waals surface area contributed by atoms with Crippen LogP contribution < -0.4 is 0 Å². The number of carbonyl (C=O) groups excluding carboxylic acids is 1. The van der Waals surface area contributed by atoms with Crippen molar-refractivity contribution in [3.05, 3.63) is 23.3 Å². The molecule has 0 amide bonds. The summed E-state index contributed by atoms with van der Waals surface area (Å²) in [7, 11) is 0. The van der Waals surface area contributed by atoms with E-state index in [4.69, 9.17) is 9.84 Å². The van der Waals surface area contributed by atoms with Crippen LogP contribution in [0.4, 0.5) is 0 Å². The number of carbonyl (C=O) groups is 1. The molecule has 136 valence electrons. The number of phenolic OH excluding ortho intramolecular Hbond substituents is 1. The van der Waals surface area contributed by atoms with Gasteiger partial charge >= 0.3 is 5.97 Å². The molecule has 0 spiro atoms. The number of aliphatic hydroxyl groups excluding tert-OH is 1. The summed E-state index contributed by atoms with van der Waals surface area (Å²) < 4.78 is 4.86. The van der Waals surface area contributed by atoms with Crippen LogP contribution in [0.5, 0.6) is 5.75 Å². The third-order valence-corrected chi connectivity index (χ3v) is 4.61. The molecule has 24 heavy (non-hydrogen) atoms. The standard InChI is InChI=1S/C19H30O4S/c1-18(2,3)14-11-13(12-15(17(14)22)19(4,5)6)24-10-7-16(21)23-9-8-20/h11-12,20,22H,7-10H2,1-6H3. The fourth-order valence-electron chi connectivity index (χ4n) is 2.32. The van der Waals surface area contributed by atoms with E-state index in [0.717, 1.165) is 16.0 Å². The Hall–Kier alpha value is -1.20. The zero-order chi connectivity index (χ0) is 18.5. The summed E-state index contributed by atoms with van der Waals surface area (Å²) in [5.74, 6) is 0.659. The molecule has 0 unspecified atom stereocenters. The summed E-state index contributed by atoms with van der Waals surface area (Å²) in [5, 5.41) is 19.3. The number of esters is 1. The van der Waals surface area contributed by atoms with E-state index < -0.39 is 0 Å². The first-order valence-electron chi connectivity index (χ1n) is 8.24. The molecular formula is C19H30O4S. The third kappa shape index (κ3) is 6.02. The number of thioether (sulfide) groups is 1. The van der Waals surface area contributed by atoms with Crippen LogP contribution in [0, 0.1) is 0 Å². The average Bonchev–Trinajstić information content (AvgIpc) is 2.44. The van der Waals surface area contributed by atoms with Gasteiger partial charge in [-0.1, -0.05) is 41.5 Å². The van der Waals surface area contributed by atoms with Gasteiger partial charge in [0.05, 0.1) is 13.0 Å². The monoisotopic (exact) mass is 354 g/mol. The highest BCUT2D eigenvalue weighted by atomic mass is 32.2. The number of ether oxygens (including phenoxy) is 1. The van der Waals surface area contributed by atoms with Crippen LogP contribution in [0.1, 0.15) is 59.1 Å². The SMILES string of the molecule is CC(C)(C)c1cc(SCCC(=O)OCCO)cc(C(C)(C)C)c1O. The maximum atomic E-state index is 11.5. The Bertz CT molecular complexity index is 533. The Labute approximate surface area is 149 Å². The molecule has 1 aromatic carbocycles. The van der Waals surface area contributed by atoms with E-state index >= 15 is 0 Å². The fourth-order valence-corrected chi connectivity index (χ4v) is 3.23. The van der Waals surface area contributed by atoms with Crippen LogP contribution in [-0.4, -0.2) is 35.1 Å². The molecule has 0 aromatic heterocycles. The van der Waals surface area contributed by atoms with Crippen molar-refractivity contribution in [2.45, 2.75) is 63.7 Å². The number of hydrogen-bond donors (Lipinski definition) is 2. The van der Waals surface area contributed by atoms with Crippen molar-refractivity contribution in [1.82, 2.24) is 0 Å². The zero-order valence-corrected chi connectivity index (χ0v) is 16.4. The lowest BCUT2D eigenvalue weighted by atomic mass is 9.79. The van der Waals surface area contributed by atoms with Crippen LogP contribution in [0.15, 0.2) is 17.0 Å². The molecule has 0 fully saturated rings. The van der Waals surface area contributed by atoms with Gasteiger partial charge in [0, 0.05) is 21.8 Å². The van der Waals surface area contributed by atoms with E-state index in [1.165, 1.54) is 0 Å². The predicted molar refractivity (Wildman–Crippen MR) is 98.9 cm³/mol. The van der Waals surface area contributed by atoms with Gasteiger partial charge in [0.2, 0.25) is 0 Å². The van der Waals surface area contributed by atoms with E-state index in [2.05, 4.69) is 41.5 Å². The van der Waals surface area contributed by atoms with Gasteiger partial charge in [0.1, 0.15) is 12.4 Å². The molecule has 0 heterocycles. The number of benzene rings is 1. The van der Waals surface area contributed by atoms with Gasteiger partial charge < -0.3 is 14.9 Å². The smallest absolute Gasteiger partial charge is 0.306 e. The second-order valence-corrected chi connectivity index (χ2v) is 9.08. The highest BCUT2D eigenvalue weighted by Crippen LogP contribution is 2.41. The van der Waals surface area contributed by atoms with Crippen molar-refractivity contribution >= 4 is 17.7 Å². The molecule has 5 heteroatoms. The maximum Gasteiger partial charge on any atom is 0.306 e. The summed E-state index contributed by atoms with van der Waals surface area (Å²) in [6.45, 7) is 12.4. The highest BCUT2D eigenvalue weighted by Gasteiger charge is 2.26. The highest BCUT2D eigenvalue weighted by molar-refractivity contribution is 7.99. The minimum atomic E-state index is -0.303. The molecule has 0 aliphatic heterocycles. The Kier molecular flexibility index (Phi) is 7.17. The van der Waals surface area contributed by atoms with Crippen LogP contribution in [-0.2, 0) is 20.4 Å². The molecule has 2 N–H and O–H groups in total. The normalized spacial score (nSPS) is 12.3. The molecular weight excluding hydrogens is 324 g/mol. The molecule has 1 rings (SSSR count). The van der Waals surface area contributed by atoms with Gasteiger partial charge in [-0.2, -0.15) is 0 Å². The van der Waals surface area contributed by atoms with Crippen LogP contribution >= 0.6 is 11.8 Å². The summed E-state index contributed by atoms with van der Waals surface area (Å²) >= 11 is 1.58. The lowest BCUT2D eigenvalue weighted by Crippen LogP contribution is -2.17. The molecule has 0 saturated heterocycles. The first-order chi connectivity index (χ1) is 11.0. The summed E-state index contributed by atoms with van der Waals surface area (Å²) in [5.41, 5.74) is 1.50. The summed E-state index contributed by atoms with van der Waals surface area (Å²) in [4.78, 5) is 12.6. The number of phenols is 1. The number of aromatic hydroxyl groups is 1. The molecule has 0 saturated carbocycles. The average molecular weight is 355 g/mol. The van der Waals surface area contributed by atoms with Gasteiger partial charge in [-0.3, -0.25) is 4.79 Å². The van der Waals surface area contributed by atoms with Gasteiger partial charge in [-0.05, 0) is 23.0 Å². The third-order valence-electron chi connectivity index (χ3n) is 3.63. The molecule has 1 aromatic rings. The summed E-state index contributed by atoms with van der Waals surface area (Å²) in [6.07, 6.45) is 0.293. The largest absolute Gasteiger partial charge is 0.507 e. The van der Waals surface area contributed by atoms with Crippen molar-refractivity contribution in [3.63, 3.8) is 0 Å². The lowest BCUT2D eigenvalue weighted by Gasteiger charge is -2.28. The molecule has 0 aliphatic carbocycles. The van der Waals surface area contributed by atoms with E-state index in [9.17, 15) is 9.90 Å². The van der Waals surface area contributed by atoms with Crippen molar-refractivity contribution in [1.29, 1.82) is 0 Å². The van der Waals surface area contributed by atoms with E-state index in [1.54, 1.807) is 11.8 Å². The van der Waals surface area contributed by atoms with Gasteiger partial charge in [-0.15, -0.1) is 11.8 Å². The molecule has 4 nitrogen and oxygen atoms in total. The Morgan fingerprint density at radius 3 is 2.00 bits per heavy atom. The van der Waals surface area contributed by atoms with E-state index in [0.29, 0.717) is 17.9 Å². The summed E-state index contributed by atoms with van der Waals surface area (Å²) in [6, 6.07) is 4.02. The number of aliphatic hydroxyl groups is 1. The van der Waals surface area contributed by atoms with Crippen molar-refractivity contribution < 1.29 is 19.7 Å². The molecule has 0 bridgehead atoms. The Morgan fingerprint density at radius 1 is 1.08 bits per heavy atom. The van der Waals surface area contributed by atoms with E-state index in [-0.39, 0.29) is 30.0 Å². The quantitative estimate of drug-likeness (QED) is 0.597. The van der Waals surface area contributed by atoms with Crippen LogP contribution in [0.25, 0.3) is 0 Å². The van der Waals surface area contributed by atoms with Gasteiger partial charge in [0.25, 0.3) is 0 Å². The second kappa shape index (κ2) is 8.26. The Morgan fingerprint density at radius 2 is 1.58 bits per heavy atom. The van der Waals surface area contributed by atoms with Crippen molar-refractivity contribution in [3.8, 4) is 5.75 Å². The molecule has 0 aliphatic rings. The maximum absolute atomic E-state index is 11.5. The zero-order valence-electron chi connectivity index (χ0n) is 15.6. The minimum absolute atomic E-state index is 0.0467. The topological polar surface area (TPSA) is 66.8 Å². The second-order valence-electron chi connectivity index (χ2n) is 7.91. The first kappa shape index (κ1) is 20.8. The number of rotatable bonds is 6. The van der Waals surface area contributed by atoms with Crippen LogP contribution in [0.3, 0.4) is 0 Å². The van der Waals surface area contributed by atoms with Crippen molar-refractivity contribution in [2.75, 3.05) is 19.0 Å². The van der Waals surface area contributed by atoms with Crippen molar-refractivity contribution in [2.24, 2.45) is 0 Å². The molecule has 0 radical (unpaired) electrons. The molecule has 0 atom stereocenters. The van der Waals surface area contributed by atoms with Gasteiger partial charge in [0.15, 0.2) is 0 Å². The first-order valence-corrected chi connectivity index (χ1v) is 9.22. The van der Waals surface area contributed by atoms with Crippen LogP contribution in [0.2, 0.25) is 0 Å². The fraction of sp³-hybridized carbons (Fsp3) is 0.632. The van der Waals surface area contributed by atoms with E-state index in [1.807, 2.05) is 12.1 Å². The predicted octanol–water partition coefficient (Wildman–Crippen LogP) is 4.00.